The van der Waals surface area contributed by atoms with E-state index in [9.17, 15) is 19.8 Å². The highest BCUT2D eigenvalue weighted by molar-refractivity contribution is 6.76. The number of aliphatic carboxylic acids is 1. The first kappa shape index (κ1) is 15.7. The van der Waals surface area contributed by atoms with Crippen molar-refractivity contribution in [3.05, 3.63) is 0 Å². The Hall–Kier alpha value is -0.310. The fraction of sp³-hybridized carbons (Fsp3) is 0.750. The molecule has 0 aliphatic carbocycles. The Bertz CT molecular complexity index is 348. The largest absolute Gasteiger partial charge is 0.481 e. The van der Waals surface area contributed by atoms with Crippen molar-refractivity contribution >= 4 is 46.7 Å². The number of amides is 1. The van der Waals surface area contributed by atoms with Crippen LogP contribution in [0.4, 0.5) is 0 Å². The number of piperidine rings is 1. The summed E-state index contributed by atoms with van der Waals surface area (Å²) in [6.07, 6.45) is -4.17. The quantitative estimate of drug-likeness (QED) is 0.409. The maximum atomic E-state index is 11.3. The number of nitrogens with one attached hydrogen (secondary N) is 2. The lowest BCUT2D eigenvalue weighted by Gasteiger charge is -2.37. The molecule has 7 nitrogen and oxygen atoms in total. The number of aliphatic hydroxyl groups is 2. The van der Waals surface area contributed by atoms with E-state index in [-0.39, 0.29) is 6.54 Å². The highest BCUT2D eigenvalue weighted by Gasteiger charge is 2.43. The van der Waals surface area contributed by atoms with Crippen molar-refractivity contribution in [2.24, 2.45) is 5.92 Å². The van der Waals surface area contributed by atoms with E-state index in [1.54, 1.807) is 0 Å². The van der Waals surface area contributed by atoms with E-state index in [2.05, 4.69) is 10.6 Å². The Labute approximate surface area is 117 Å². The number of alkyl halides is 3. The van der Waals surface area contributed by atoms with E-state index in [1.807, 2.05) is 0 Å². The van der Waals surface area contributed by atoms with Gasteiger partial charge in [-0.25, -0.2) is 0 Å². The molecule has 0 bridgehead atoms. The molecule has 1 saturated heterocycles. The number of hydrogen-bond acceptors (Lipinski definition) is 5. The van der Waals surface area contributed by atoms with Gasteiger partial charge in [-0.3, -0.25) is 14.9 Å². The second-order valence-corrected chi connectivity index (χ2v) is 6.06. The first-order valence-electron chi connectivity index (χ1n) is 4.84. The maximum absolute atomic E-state index is 11.3. The summed E-state index contributed by atoms with van der Waals surface area (Å²) >= 11 is 16.0. The van der Waals surface area contributed by atoms with Gasteiger partial charge in [0.2, 0.25) is 0 Å². The Kier molecular flexibility index (Phi) is 5.05. The van der Waals surface area contributed by atoms with Crippen molar-refractivity contribution in [1.29, 1.82) is 0 Å². The van der Waals surface area contributed by atoms with Gasteiger partial charge >= 0.3 is 5.97 Å². The third-order valence-electron chi connectivity index (χ3n) is 2.52. The van der Waals surface area contributed by atoms with Crippen molar-refractivity contribution in [3.63, 3.8) is 0 Å². The molecule has 0 aromatic rings. The monoisotopic (exact) mass is 320 g/mol. The van der Waals surface area contributed by atoms with Crippen molar-refractivity contribution in [2.75, 3.05) is 6.54 Å². The molecular formula is C8H11Cl3N2O5. The Morgan fingerprint density at radius 1 is 1.22 bits per heavy atom. The number of carboxylic acids is 1. The van der Waals surface area contributed by atoms with Crippen LogP contribution in [0.25, 0.3) is 0 Å². The number of aliphatic hydroxyl groups excluding tert-OH is 2. The van der Waals surface area contributed by atoms with Gasteiger partial charge in [-0.2, -0.15) is 0 Å². The smallest absolute Gasteiger partial charge is 0.310 e. The molecule has 1 fully saturated rings. The van der Waals surface area contributed by atoms with Crippen LogP contribution in [-0.4, -0.2) is 55.9 Å². The standard InChI is InChI=1S/C8H11Cl3N2O5/c9-8(10,11)7(18)13-5-4(15)3(14)2(1-12-5)6(16)17/h2-5,12,14-15H,1H2,(H,13,18)(H,16,17)/t2?,3?,4-,5+/m0/s1. The van der Waals surface area contributed by atoms with Crippen molar-refractivity contribution in [2.45, 2.75) is 22.2 Å². The molecule has 0 radical (unpaired) electrons. The van der Waals surface area contributed by atoms with Crippen LogP contribution in [0.2, 0.25) is 0 Å². The maximum Gasteiger partial charge on any atom is 0.310 e. The zero-order valence-electron chi connectivity index (χ0n) is 8.81. The average Bonchev–Trinajstić information content (AvgIpc) is 2.22. The minimum absolute atomic E-state index is 0.141. The Morgan fingerprint density at radius 3 is 2.22 bits per heavy atom. The molecule has 4 atom stereocenters. The number of carbonyl (C=O) groups is 2. The van der Waals surface area contributed by atoms with Crippen molar-refractivity contribution in [1.82, 2.24) is 10.6 Å². The molecule has 2 unspecified atom stereocenters. The topological polar surface area (TPSA) is 119 Å². The molecule has 1 aliphatic heterocycles. The van der Waals surface area contributed by atoms with Gasteiger partial charge in [-0.05, 0) is 0 Å². The average molecular weight is 322 g/mol. The normalized spacial score (nSPS) is 32.9. The highest BCUT2D eigenvalue weighted by Crippen LogP contribution is 2.26. The molecule has 5 N–H and O–H groups in total. The summed E-state index contributed by atoms with van der Waals surface area (Å²) in [5.41, 5.74) is 0. The first-order chi connectivity index (χ1) is 8.14. The molecule has 1 rings (SSSR count). The van der Waals surface area contributed by atoms with Gasteiger partial charge in [0.25, 0.3) is 9.70 Å². The third-order valence-corrected chi connectivity index (χ3v) is 3.04. The summed E-state index contributed by atoms with van der Waals surface area (Å²) in [6, 6.07) is 0. The highest BCUT2D eigenvalue weighted by atomic mass is 35.6. The van der Waals surface area contributed by atoms with Crippen molar-refractivity contribution < 1.29 is 24.9 Å². The third kappa shape index (κ3) is 3.59. The van der Waals surface area contributed by atoms with Gasteiger partial charge in [0.15, 0.2) is 0 Å². The molecule has 10 heteroatoms. The van der Waals surface area contributed by atoms with Gasteiger partial charge < -0.3 is 20.6 Å². The first-order valence-corrected chi connectivity index (χ1v) is 5.98. The minimum atomic E-state index is -2.21. The lowest BCUT2D eigenvalue weighted by atomic mass is 9.92. The van der Waals surface area contributed by atoms with Crippen LogP contribution in [0.5, 0.6) is 0 Å². The van der Waals surface area contributed by atoms with E-state index in [4.69, 9.17) is 39.9 Å². The lowest BCUT2D eigenvalue weighted by molar-refractivity contribution is -0.154. The predicted molar refractivity (Wildman–Crippen MR) is 63.4 cm³/mol. The molecule has 0 aromatic carbocycles. The van der Waals surface area contributed by atoms with Gasteiger partial charge in [0, 0.05) is 6.54 Å². The van der Waals surface area contributed by atoms with Gasteiger partial charge in [-0.1, -0.05) is 34.8 Å². The summed E-state index contributed by atoms with van der Waals surface area (Å²) in [6.45, 7) is -0.141. The molecule has 0 spiro atoms. The van der Waals surface area contributed by atoms with Crippen LogP contribution in [0, 0.1) is 5.92 Å². The second-order valence-electron chi connectivity index (χ2n) is 3.78. The Morgan fingerprint density at radius 2 is 1.78 bits per heavy atom. The van der Waals surface area contributed by atoms with Crippen LogP contribution in [0.3, 0.4) is 0 Å². The molecule has 0 aromatic heterocycles. The summed E-state index contributed by atoms with van der Waals surface area (Å²) in [5.74, 6) is -3.44. The van der Waals surface area contributed by atoms with Crippen molar-refractivity contribution in [3.8, 4) is 0 Å². The molecular weight excluding hydrogens is 310 g/mol. The zero-order valence-corrected chi connectivity index (χ0v) is 11.1. The number of rotatable bonds is 2. The molecule has 104 valence electrons. The second kappa shape index (κ2) is 5.77. The van der Waals surface area contributed by atoms with Gasteiger partial charge in [-0.15, -0.1) is 0 Å². The van der Waals surface area contributed by atoms with E-state index in [0.29, 0.717) is 0 Å². The van der Waals surface area contributed by atoms with E-state index < -0.39 is 40.0 Å². The SMILES string of the molecule is O=C(O)C1CN[C@H](NC(=O)C(Cl)(Cl)Cl)[C@@H](O)C1O. The number of halogens is 3. The predicted octanol–water partition coefficient (Wildman–Crippen LogP) is -1.18. The van der Waals surface area contributed by atoms with Crippen LogP contribution < -0.4 is 10.6 Å². The summed E-state index contributed by atoms with van der Waals surface area (Å²) in [5, 5.41) is 32.7. The van der Waals surface area contributed by atoms with Crippen LogP contribution in [0.1, 0.15) is 0 Å². The minimum Gasteiger partial charge on any atom is -0.481 e. The molecule has 18 heavy (non-hydrogen) atoms. The molecule has 1 amide bonds. The fourth-order valence-corrected chi connectivity index (χ4v) is 1.69. The van der Waals surface area contributed by atoms with E-state index >= 15 is 0 Å². The number of hydrogen-bond donors (Lipinski definition) is 5. The fourth-order valence-electron chi connectivity index (χ4n) is 1.52. The van der Waals surface area contributed by atoms with Crippen LogP contribution >= 0.6 is 34.8 Å². The van der Waals surface area contributed by atoms with Crippen LogP contribution in [0.15, 0.2) is 0 Å². The summed E-state index contributed by atoms with van der Waals surface area (Å²) in [7, 11) is 0. The zero-order chi connectivity index (χ0) is 14.1. The van der Waals surface area contributed by atoms with Gasteiger partial charge in [0.1, 0.15) is 12.3 Å². The lowest BCUT2D eigenvalue weighted by Crippen LogP contribution is -2.65. The van der Waals surface area contributed by atoms with E-state index in [0.717, 1.165) is 0 Å². The number of carbonyl (C=O) groups excluding carboxylic acids is 1. The molecule has 1 aliphatic rings. The van der Waals surface area contributed by atoms with E-state index in [1.165, 1.54) is 0 Å². The molecule has 0 saturated carbocycles. The Balaban J connectivity index is 2.67. The summed E-state index contributed by atoms with van der Waals surface area (Å²) in [4.78, 5) is 22.1. The number of carboxylic acid groups (broad SMARTS) is 1. The van der Waals surface area contributed by atoms with Gasteiger partial charge in [0.05, 0.1) is 12.0 Å². The molecule has 1 heterocycles. The van der Waals surface area contributed by atoms with Crippen LogP contribution in [-0.2, 0) is 9.59 Å². The summed E-state index contributed by atoms with van der Waals surface area (Å²) < 4.78 is -2.21.